The highest BCUT2D eigenvalue weighted by Crippen LogP contribution is 2.49. The van der Waals surface area contributed by atoms with Crippen LogP contribution in [-0.2, 0) is 14.3 Å². The first-order valence-electron chi connectivity index (χ1n) is 13.7. The third kappa shape index (κ3) is 5.27. The lowest BCUT2D eigenvalue weighted by atomic mass is 9.71. The van der Waals surface area contributed by atoms with Crippen molar-refractivity contribution in [3.63, 3.8) is 0 Å². The number of nitrogens with one attached hydrogen (secondary N) is 1. The van der Waals surface area contributed by atoms with Crippen molar-refractivity contribution in [2.75, 3.05) is 21.3 Å². The minimum Gasteiger partial charge on any atom is -0.497 e. The molecule has 2 aliphatic carbocycles. The zero-order valence-corrected chi connectivity index (χ0v) is 23.2. The van der Waals surface area contributed by atoms with Crippen molar-refractivity contribution < 1.29 is 28.5 Å². The summed E-state index contributed by atoms with van der Waals surface area (Å²) in [6.45, 7) is 1.89. The summed E-state index contributed by atoms with van der Waals surface area (Å²) in [6.07, 6.45) is 5.92. The number of allylic oxidation sites excluding steroid dienone is 3. The fourth-order valence-electron chi connectivity index (χ4n) is 6.27. The fraction of sp³-hybridized carbons (Fsp3) is 0.438. The van der Waals surface area contributed by atoms with Gasteiger partial charge < -0.3 is 24.3 Å². The van der Waals surface area contributed by atoms with Crippen LogP contribution in [0.15, 0.2) is 65.0 Å². The Kier molecular flexibility index (Phi) is 7.96. The molecule has 1 N–H and O–H groups in total. The number of para-hydroxylation sites is 1. The van der Waals surface area contributed by atoms with Crippen molar-refractivity contribution in [3.05, 3.63) is 76.1 Å². The maximum atomic E-state index is 14.0. The van der Waals surface area contributed by atoms with E-state index in [-0.39, 0.29) is 23.8 Å². The first kappa shape index (κ1) is 26.9. The van der Waals surface area contributed by atoms with Crippen LogP contribution in [0.4, 0.5) is 0 Å². The number of ether oxygens (including phenoxy) is 4. The van der Waals surface area contributed by atoms with E-state index in [4.69, 9.17) is 18.9 Å². The van der Waals surface area contributed by atoms with Gasteiger partial charge in [0.15, 0.2) is 17.3 Å². The number of carbonyl (C=O) groups excluding carboxylic acids is 2. The normalized spacial score (nSPS) is 21.7. The van der Waals surface area contributed by atoms with Crippen LogP contribution in [-0.4, -0.2) is 39.2 Å². The van der Waals surface area contributed by atoms with Crippen molar-refractivity contribution in [2.45, 2.75) is 69.8 Å². The first-order chi connectivity index (χ1) is 18.9. The van der Waals surface area contributed by atoms with Gasteiger partial charge in [0.2, 0.25) is 0 Å². The van der Waals surface area contributed by atoms with Crippen LogP contribution in [0.3, 0.4) is 0 Å². The molecule has 39 heavy (non-hydrogen) atoms. The zero-order valence-electron chi connectivity index (χ0n) is 23.2. The standard InChI is InChI=1S/C32H37NO6/c1-19-28(32(35)39-23-9-6-5-7-10-23)29(24-11-8-12-27(37-3)31(24)38-4)30-25(33-19)17-21(18-26(30)34)20-13-15-22(36-2)16-14-20/h8,11-16,21,23,29,33H,5-7,9-10,17-18H2,1-4H3/t21-,29+/m0/s1. The monoisotopic (exact) mass is 531 g/mol. The van der Waals surface area contributed by atoms with E-state index in [1.165, 1.54) is 6.42 Å². The summed E-state index contributed by atoms with van der Waals surface area (Å²) in [7, 11) is 4.80. The predicted octanol–water partition coefficient (Wildman–Crippen LogP) is 5.95. The SMILES string of the molecule is COc1ccc([C@@H]2CC(=O)C3=C(C2)NC(C)=C(C(=O)OC2CCCCC2)[C@H]3c2cccc(OC)c2OC)cc1. The highest BCUT2D eigenvalue weighted by molar-refractivity contribution is 6.04. The van der Waals surface area contributed by atoms with E-state index in [0.29, 0.717) is 41.2 Å². The number of hydrogen-bond acceptors (Lipinski definition) is 7. The number of Topliss-reactive ketones (excluding diaryl/α,β-unsaturated/α-hetero) is 1. The lowest BCUT2D eigenvalue weighted by Gasteiger charge is -2.37. The Bertz CT molecular complexity index is 1300. The Morgan fingerprint density at radius 3 is 2.31 bits per heavy atom. The molecule has 0 saturated heterocycles. The van der Waals surface area contributed by atoms with Gasteiger partial charge in [-0.15, -0.1) is 0 Å². The molecule has 2 aromatic rings. The third-order valence-electron chi connectivity index (χ3n) is 8.21. The second-order valence-electron chi connectivity index (χ2n) is 10.5. The summed E-state index contributed by atoms with van der Waals surface area (Å²) < 4.78 is 22.7. The molecule has 2 atom stereocenters. The maximum absolute atomic E-state index is 14.0. The Morgan fingerprint density at radius 1 is 0.897 bits per heavy atom. The number of benzene rings is 2. The highest BCUT2D eigenvalue weighted by atomic mass is 16.5. The van der Waals surface area contributed by atoms with E-state index >= 15 is 0 Å². The smallest absolute Gasteiger partial charge is 0.337 e. The van der Waals surface area contributed by atoms with E-state index in [9.17, 15) is 9.59 Å². The number of carbonyl (C=O) groups is 2. The summed E-state index contributed by atoms with van der Waals surface area (Å²) in [4.78, 5) is 27.8. The van der Waals surface area contributed by atoms with Crippen molar-refractivity contribution in [1.82, 2.24) is 5.32 Å². The quantitative estimate of drug-likeness (QED) is 0.442. The average molecular weight is 532 g/mol. The van der Waals surface area contributed by atoms with Gasteiger partial charge in [0.1, 0.15) is 11.9 Å². The molecule has 0 aromatic heterocycles. The van der Waals surface area contributed by atoms with Crippen LogP contribution in [0.1, 0.15) is 74.8 Å². The number of rotatable bonds is 7. The highest BCUT2D eigenvalue weighted by Gasteiger charge is 2.43. The predicted molar refractivity (Wildman–Crippen MR) is 148 cm³/mol. The molecule has 3 aliphatic rings. The Labute approximate surface area is 230 Å². The summed E-state index contributed by atoms with van der Waals surface area (Å²) in [6, 6.07) is 13.5. The largest absolute Gasteiger partial charge is 0.497 e. The van der Waals surface area contributed by atoms with Gasteiger partial charge in [-0.05, 0) is 68.7 Å². The van der Waals surface area contributed by atoms with Crippen LogP contribution in [0.25, 0.3) is 0 Å². The summed E-state index contributed by atoms with van der Waals surface area (Å²) in [5.74, 6) is 0.875. The van der Waals surface area contributed by atoms with E-state index in [1.54, 1.807) is 21.3 Å². The van der Waals surface area contributed by atoms with E-state index in [2.05, 4.69) is 5.32 Å². The van der Waals surface area contributed by atoms with Gasteiger partial charge in [0.25, 0.3) is 0 Å². The molecule has 1 fully saturated rings. The Morgan fingerprint density at radius 2 is 1.64 bits per heavy atom. The van der Waals surface area contributed by atoms with Crippen LogP contribution in [0.5, 0.6) is 17.2 Å². The Hall–Kier alpha value is -3.74. The molecule has 7 nitrogen and oxygen atoms in total. The number of esters is 1. The van der Waals surface area contributed by atoms with Gasteiger partial charge in [0.05, 0.1) is 32.8 Å². The van der Waals surface area contributed by atoms with E-state index < -0.39 is 5.92 Å². The molecule has 0 bridgehead atoms. The zero-order chi connectivity index (χ0) is 27.5. The van der Waals surface area contributed by atoms with E-state index in [1.807, 2.05) is 49.4 Å². The van der Waals surface area contributed by atoms with Gasteiger partial charge in [0, 0.05) is 29.0 Å². The molecule has 0 amide bonds. The van der Waals surface area contributed by atoms with Gasteiger partial charge in [-0.25, -0.2) is 4.79 Å². The van der Waals surface area contributed by atoms with Crippen LogP contribution >= 0.6 is 0 Å². The molecular formula is C32H37NO6. The first-order valence-corrected chi connectivity index (χ1v) is 13.7. The van der Waals surface area contributed by atoms with Crippen LogP contribution < -0.4 is 19.5 Å². The molecule has 1 saturated carbocycles. The number of ketones is 1. The Balaban J connectivity index is 1.57. The van der Waals surface area contributed by atoms with Crippen LogP contribution in [0, 0.1) is 0 Å². The summed E-state index contributed by atoms with van der Waals surface area (Å²) in [5.41, 5.74) is 4.41. The number of hydrogen-bond donors (Lipinski definition) is 1. The van der Waals surface area contributed by atoms with Crippen LogP contribution in [0.2, 0.25) is 0 Å². The molecular weight excluding hydrogens is 494 g/mol. The molecule has 2 aromatic carbocycles. The molecule has 206 valence electrons. The van der Waals surface area contributed by atoms with Crippen molar-refractivity contribution in [3.8, 4) is 17.2 Å². The molecule has 0 radical (unpaired) electrons. The van der Waals surface area contributed by atoms with Crippen molar-refractivity contribution in [2.24, 2.45) is 0 Å². The number of methoxy groups -OCH3 is 3. The second kappa shape index (κ2) is 11.6. The van der Waals surface area contributed by atoms with Gasteiger partial charge >= 0.3 is 5.97 Å². The molecule has 7 heteroatoms. The number of dihydropyridines is 1. The second-order valence-corrected chi connectivity index (χ2v) is 10.5. The third-order valence-corrected chi connectivity index (χ3v) is 8.21. The summed E-state index contributed by atoms with van der Waals surface area (Å²) in [5, 5.41) is 3.45. The molecule has 0 spiro atoms. The van der Waals surface area contributed by atoms with Gasteiger partial charge in [-0.3, -0.25) is 4.79 Å². The lowest BCUT2D eigenvalue weighted by molar-refractivity contribution is -0.146. The van der Waals surface area contributed by atoms with Crippen molar-refractivity contribution >= 4 is 11.8 Å². The molecule has 0 unspecified atom stereocenters. The fourth-order valence-corrected chi connectivity index (χ4v) is 6.27. The topological polar surface area (TPSA) is 83.1 Å². The minimum atomic E-state index is -0.619. The maximum Gasteiger partial charge on any atom is 0.337 e. The summed E-state index contributed by atoms with van der Waals surface area (Å²) >= 11 is 0. The van der Waals surface area contributed by atoms with Gasteiger partial charge in [-0.1, -0.05) is 30.7 Å². The van der Waals surface area contributed by atoms with Gasteiger partial charge in [-0.2, -0.15) is 0 Å². The molecule has 5 rings (SSSR count). The molecule has 1 aliphatic heterocycles. The lowest BCUT2D eigenvalue weighted by Crippen LogP contribution is -2.37. The minimum absolute atomic E-state index is 0.00917. The average Bonchev–Trinajstić information content (AvgIpc) is 2.96. The molecule has 1 heterocycles. The van der Waals surface area contributed by atoms with E-state index in [0.717, 1.165) is 48.3 Å². The van der Waals surface area contributed by atoms with Crippen molar-refractivity contribution in [1.29, 1.82) is 0 Å².